The fourth-order valence-corrected chi connectivity index (χ4v) is 3.25. The molecule has 1 N–H and O–H groups in total. The van der Waals surface area contributed by atoms with Gasteiger partial charge < -0.3 is 9.64 Å². The Bertz CT molecular complexity index is 683. The SMILES string of the molecule is O=C(c1n[nH]c2c1CCC2)N1CCOC(c2cccnc2)C1. The third kappa shape index (κ3) is 2.29. The molecule has 114 valence electrons. The van der Waals surface area contributed by atoms with Gasteiger partial charge in [0.25, 0.3) is 5.91 Å². The third-order valence-corrected chi connectivity index (χ3v) is 4.42. The zero-order valence-electron chi connectivity index (χ0n) is 12.3. The molecule has 1 fully saturated rings. The molecule has 22 heavy (non-hydrogen) atoms. The molecular weight excluding hydrogens is 280 g/mol. The summed E-state index contributed by atoms with van der Waals surface area (Å²) in [5.74, 6) is 0.0107. The van der Waals surface area contributed by atoms with Crippen LogP contribution >= 0.6 is 0 Å². The van der Waals surface area contributed by atoms with Crippen LogP contribution in [-0.2, 0) is 17.6 Å². The van der Waals surface area contributed by atoms with Crippen molar-refractivity contribution in [2.75, 3.05) is 19.7 Å². The summed E-state index contributed by atoms with van der Waals surface area (Å²) in [7, 11) is 0. The topological polar surface area (TPSA) is 71.1 Å². The van der Waals surface area contributed by atoms with Crippen LogP contribution in [-0.4, -0.2) is 45.7 Å². The summed E-state index contributed by atoms with van der Waals surface area (Å²) in [6, 6.07) is 3.87. The smallest absolute Gasteiger partial charge is 0.274 e. The van der Waals surface area contributed by atoms with Crippen molar-refractivity contribution < 1.29 is 9.53 Å². The Kier molecular flexibility index (Phi) is 3.38. The fourth-order valence-electron chi connectivity index (χ4n) is 3.25. The Hall–Kier alpha value is -2.21. The van der Waals surface area contributed by atoms with Crippen molar-refractivity contribution in [2.24, 2.45) is 0 Å². The lowest BCUT2D eigenvalue weighted by atomic mass is 10.1. The minimum Gasteiger partial charge on any atom is -0.370 e. The van der Waals surface area contributed by atoms with Gasteiger partial charge in [-0.1, -0.05) is 6.07 Å². The zero-order valence-corrected chi connectivity index (χ0v) is 12.3. The zero-order chi connectivity index (χ0) is 14.9. The molecule has 0 spiro atoms. The number of H-pyrrole nitrogens is 1. The summed E-state index contributed by atoms with van der Waals surface area (Å²) < 4.78 is 5.79. The van der Waals surface area contributed by atoms with E-state index >= 15 is 0 Å². The first-order valence-corrected chi connectivity index (χ1v) is 7.70. The molecule has 1 atom stereocenters. The molecule has 6 nitrogen and oxygen atoms in total. The highest BCUT2D eigenvalue weighted by molar-refractivity contribution is 5.94. The Morgan fingerprint density at radius 3 is 3.23 bits per heavy atom. The van der Waals surface area contributed by atoms with Crippen LogP contribution in [0.3, 0.4) is 0 Å². The molecule has 0 aromatic carbocycles. The lowest BCUT2D eigenvalue weighted by Crippen LogP contribution is -2.42. The number of carbonyl (C=O) groups excluding carboxylic acids is 1. The molecule has 0 saturated carbocycles. The minimum atomic E-state index is -0.113. The molecule has 1 aliphatic heterocycles. The summed E-state index contributed by atoms with van der Waals surface area (Å²) in [5.41, 5.74) is 3.83. The number of amides is 1. The Labute approximate surface area is 128 Å². The van der Waals surface area contributed by atoms with Crippen molar-refractivity contribution >= 4 is 5.91 Å². The van der Waals surface area contributed by atoms with E-state index in [0.29, 0.717) is 25.4 Å². The van der Waals surface area contributed by atoms with Crippen LogP contribution in [0, 0.1) is 0 Å². The van der Waals surface area contributed by atoms with Gasteiger partial charge in [-0.25, -0.2) is 0 Å². The average Bonchev–Trinajstić information content (AvgIpc) is 3.18. The van der Waals surface area contributed by atoms with Crippen molar-refractivity contribution in [3.05, 3.63) is 47.0 Å². The second-order valence-corrected chi connectivity index (χ2v) is 5.78. The van der Waals surface area contributed by atoms with Crippen LogP contribution in [0.4, 0.5) is 0 Å². The second-order valence-electron chi connectivity index (χ2n) is 5.78. The van der Waals surface area contributed by atoms with E-state index in [1.54, 1.807) is 12.4 Å². The number of ether oxygens (including phenoxy) is 1. The first-order valence-electron chi connectivity index (χ1n) is 7.70. The highest BCUT2D eigenvalue weighted by Gasteiger charge is 2.30. The number of nitrogens with zero attached hydrogens (tertiary/aromatic N) is 3. The van der Waals surface area contributed by atoms with Gasteiger partial charge in [0.05, 0.1) is 13.2 Å². The molecule has 6 heteroatoms. The number of fused-ring (bicyclic) bond motifs is 1. The monoisotopic (exact) mass is 298 g/mol. The maximum Gasteiger partial charge on any atom is 0.274 e. The molecule has 3 heterocycles. The van der Waals surface area contributed by atoms with E-state index in [2.05, 4.69) is 15.2 Å². The molecule has 0 radical (unpaired) electrons. The van der Waals surface area contributed by atoms with Crippen molar-refractivity contribution in [3.8, 4) is 0 Å². The maximum absolute atomic E-state index is 12.8. The van der Waals surface area contributed by atoms with Crippen LogP contribution in [0.15, 0.2) is 24.5 Å². The van der Waals surface area contributed by atoms with Gasteiger partial charge in [-0.3, -0.25) is 14.9 Å². The normalized spacial score (nSPS) is 20.9. The van der Waals surface area contributed by atoms with Gasteiger partial charge in [0, 0.05) is 35.8 Å². The summed E-state index contributed by atoms with van der Waals surface area (Å²) in [6.07, 6.45) is 6.47. The van der Waals surface area contributed by atoms with E-state index in [4.69, 9.17) is 4.74 Å². The Balaban J connectivity index is 1.53. The molecular formula is C16H18N4O2. The van der Waals surface area contributed by atoms with Crippen molar-refractivity contribution in [2.45, 2.75) is 25.4 Å². The first kappa shape index (κ1) is 13.5. The molecule has 4 rings (SSSR count). The Morgan fingerprint density at radius 2 is 2.36 bits per heavy atom. The van der Waals surface area contributed by atoms with E-state index in [1.165, 1.54) is 0 Å². The van der Waals surface area contributed by atoms with Crippen molar-refractivity contribution in [1.82, 2.24) is 20.1 Å². The number of aromatic amines is 1. The number of hydrogen-bond donors (Lipinski definition) is 1. The predicted octanol–water partition coefficient (Wildman–Crippen LogP) is 1.51. The predicted molar refractivity (Wildman–Crippen MR) is 79.4 cm³/mol. The average molecular weight is 298 g/mol. The minimum absolute atomic E-state index is 0.0107. The fraction of sp³-hybridized carbons (Fsp3) is 0.438. The number of carbonyl (C=O) groups is 1. The largest absolute Gasteiger partial charge is 0.370 e. The third-order valence-electron chi connectivity index (χ3n) is 4.42. The van der Waals surface area contributed by atoms with Gasteiger partial charge in [0.15, 0.2) is 5.69 Å². The highest BCUT2D eigenvalue weighted by atomic mass is 16.5. The van der Waals surface area contributed by atoms with Gasteiger partial charge in [-0.05, 0) is 25.3 Å². The van der Waals surface area contributed by atoms with Crippen LogP contribution < -0.4 is 0 Å². The summed E-state index contributed by atoms with van der Waals surface area (Å²) in [4.78, 5) is 18.7. The van der Waals surface area contributed by atoms with Gasteiger partial charge in [0.1, 0.15) is 6.10 Å². The van der Waals surface area contributed by atoms with Gasteiger partial charge in [0.2, 0.25) is 0 Å². The van der Waals surface area contributed by atoms with Crippen molar-refractivity contribution in [3.63, 3.8) is 0 Å². The molecule has 2 aliphatic rings. The molecule has 0 bridgehead atoms. The first-order chi connectivity index (χ1) is 10.8. The summed E-state index contributed by atoms with van der Waals surface area (Å²) in [6.45, 7) is 1.70. The molecule has 2 aromatic heterocycles. The molecule has 1 saturated heterocycles. The van der Waals surface area contributed by atoms with Crippen LogP contribution in [0.25, 0.3) is 0 Å². The number of hydrogen-bond acceptors (Lipinski definition) is 4. The maximum atomic E-state index is 12.8. The van der Waals surface area contributed by atoms with E-state index < -0.39 is 0 Å². The number of nitrogens with one attached hydrogen (secondary N) is 1. The van der Waals surface area contributed by atoms with Crippen LogP contribution in [0.2, 0.25) is 0 Å². The van der Waals surface area contributed by atoms with E-state index in [-0.39, 0.29) is 12.0 Å². The quantitative estimate of drug-likeness (QED) is 0.912. The number of pyridine rings is 1. The van der Waals surface area contributed by atoms with Gasteiger partial charge >= 0.3 is 0 Å². The summed E-state index contributed by atoms with van der Waals surface area (Å²) in [5, 5.41) is 7.25. The Morgan fingerprint density at radius 1 is 1.41 bits per heavy atom. The lowest BCUT2D eigenvalue weighted by Gasteiger charge is -2.32. The number of aryl methyl sites for hydroxylation is 1. The van der Waals surface area contributed by atoms with Crippen molar-refractivity contribution in [1.29, 1.82) is 0 Å². The standard InChI is InChI=1S/C16H18N4O2/c21-16(15-12-4-1-5-13(12)18-19-15)20-7-8-22-14(10-20)11-3-2-6-17-9-11/h2-3,6,9,14H,1,4-5,7-8,10H2,(H,18,19). The molecule has 1 amide bonds. The molecule has 2 aromatic rings. The van der Waals surface area contributed by atoms with E-state index in [9.17, 15) is 4.79 Å². The lowest BCUT2D eigenvalue weighted by molar-refractivity contribution is -0.0231. The van der Waals surface area contributed by atoms with E-state index in [0.717, 1.165) is 36.1 Å². The van der Waals surface area contributed by atoms with Crippen LogP contribution in [0.1, 0.15) is 39.8 Å². The summed E-state index contributed by atoms with van der Waals surface area (Å²) >= 11 is 0. The number of aromatic nitrogens is 3. The second kappa shape index (κ2) is 5.53. The highest BCUT2D eigenvalue weighted by Crippen LogP contribution is 2.26. The number of morpholine rings is 1. The molecule has 1 aliphatic carbocycles. The number of rotatable bonds is 2. The van der Waals surface area contributed by atoms with E-state index in [1.807, 2.05) is 17.0 Å². The van der Waals surface area contributed by atoms with Gasteiger partial charge in [-0.2, -0.15) is 5.10 Å². The molecule has 1 unspecified atom stereocenters. The van der Waals surface area contributed by atoms with Crippen LogP contribution in [0.5, 0.6) is 0 Å². The van der Waals surface area contributed by atoms with Gasteiger partial charge in [-0.15, -0.1) is 0 Å².